The number of amides is 3. The third kappa shape index (κ3) is 7.07. The molecule has 1 aliphatic carbocycles. The second-order valence-corrected chi connectivity index (χ2v) is 11.5. The Balaban J connectivity index is 1.55. The Bertz CT molecular complexity index is 1200. The SMILES string of the molecule is CC(C)(N)C(=O)N[C@H](CC1CCCCC1)C(=O)Nc1cnc(C(C(=O)N2CCC[C@H]2C(=O)O)c2ccccc2)[nH]1. The van der Waals surface area contributed by atoms with Gasteiger partial charge in [-0.3, -0.25) is 14.4 Å². The van der Waals surface area contributed by atoms with Crippen LogP contribution in [0.3, 0.4) is 0 Å². The lowest BCUT2D eigenvalue weighted by Gasteiger charge is -2.28. The number of likely N-dealkylation sites (tertiary alicyclic amines) is 1. The number of H-pyrrole nitrogens is 1. The van der Waals surface area contributed by atoms with Crippen LogP contribution in [0.2, 0.25) is 0 Å². The molecule has 1 saturated carbocycles. The molecule has 1 aromatic carbocycles. The van der Waals surface area contributed by atoms with Gasteiger partial charge in [-0.25, -0.2) is 9.78 Å². The maximum atomic E-state index is 13.7. The summed E-state index contributed by atoms with van der Waals surface area (Å²) in [5.74, 6) is -2.19. The number of hydrogen-bond donors (Lipinski definition) is 5. The van der Waals surface area contributed by atoms with E-state index in [4.69, 9.17) is 5.73 Å². The van der Waals surface area contributed by atoms with Crippen molar-refractivity contribution in [3.63, 3.8) is 0 Å². The highest BCUT2D eigenvalue weighted by molar-refractivity contribution is 5.98. The van der Waals surface area contributed by atoms with Crippen molar-refractivity contribution in [3.8, 4) is 0 Å². The average Bonchev–Trinajstić information content (AvgIpc) is 3.59. The number of aromatic amines is 1. The fourth-order valence-electron chi connectivity index (χ4n) is 5.61. The topological polar surface area (TPSA) is 171 Å². The zero-order valence-corrected chi connectivity index (χ0v) is 23.2. The molecule has 11 heteroatoms. The third-order valence-corrected chi connectivity index (χ3v) is 7.83. The molecule has 0 radical (unpaired) electrons. The molecule has 11 nitrogen and oxygen atoms in total. The molecule has 2 aliphatic rings. The first kappa shape index (κ1) is 29.3. The number of carboxylic acids is 1. The van der Waals surface area contributed by atoms with Crippen LogP contribution >= 0.6 is 0 Å². The number of hydrogen-bond acceptors (Lipinski definition) is 6. The Morgan fingerprint density at radius 2 is 1.80 bits per heavy atom. The van der Waals surface area contributed by atoms with Crippen LogP contribution in [-0.4, -0.2) is 67.8 Å². The molecule has 40 heavy (non-hydrogen) atoms. The largest absolute Gasteiger partial charge is 0.480 e. The van der Waals surface area contributed by atoms with Crippen molar-refractivity contribution < 1.29 is 24.3 Å². The van der Waals surface area contributed by atoms with E-state index in [1.54, 1.807) is 38.1 Å². The molecule has 3 atom stereocenters. The van der Waals surface area contributed by atoms with E-state index in [1.807, 2.05) is 6.07 Å². The van der Waals surface area contributed by atoms with Gasteiger partial charge in [-0.2, -0.15) is 0 Å². The predicted molar refractivity (Wildman–Crippen MR) is 149 cm³/mol. The first-order valence-electron chi connectivity index (χ1n) is 14.1. The summed E-state index contributed by atoms with van der Waals surface area (Å²) in [5, 5.41) is 15.3. The monoisotopic (exact) mass is 552 g/mol. The van der Waals surface area contributed by atoms with Gasteiger partial charge >= 0.3 is 5.97 Å². The standard InChI is InChI=1S/C29H40N6O5/c1-29(2,30)28(40)32-20(16-18-10-5-3-6-11-18)25(36)34-22-17-31-24(33-22)23(19-12-7-4-8-13-19)26(37)35-15-9-14-21(35)27(38)39/h4,7-8,12-13,17-18,20-21,23H,3,5-6,9-11,14-16,30H2,1-2H3,(H,31,33)(H,32,40)(H,34,36)(H,38,39)/t20-,21+,23?/m1/s1. The van der Waals surface area contributed by atoms with E-state index in [9.17, 15) is 24.3 Å². The van der Waals surface area contributed by atoms with Gasteiger partial charge in [-0.1, -0.05) is 62.4 Å². The highest BCUT2D eigenvalue weighted by atomic mass is 16.4. The maximum absolute atomic E-state index is 13.7. The van der Waals surface area contributed by atoms with E-state index < -0.39 is 41.3 Å². The fourth-order valence-corrected chi connectivity index (χ4v) is 5.61. The van der Waals surface area contributed by atoms with Gasteiger partial charge in [0.1, 0.15) is 29.6 Å². The normalized spacial score (nSPS) is 19.6. The summed E-state index contributed by atoms with van der Waals surface area (Å²) in [5.41, 5.74) is 5.50. The van der Waals surface area contributed by atoms with Gasteiger partial charge in [0.25, 0.3) is 0 Å². The Morgan fingerprint density at radius 1 is 1.10 bits per heavy atom. The Kier molecular flexibility index (Phi) is 9.24. The summed E-state index contributed by atoms with van der Waals surface area (Å²) in [7, 11) is 0. The van der Waals surface area contributed by atoms with Crippen molar-refractivity contribution in [1.29, 1.82) is 0 Å². The van der Waals surface area contributed by atoms with Crippen LogP contribution in [0, 0.1) is 5.92 Å². The van der Waals surface area contributed by atoms with Crippen LogP contribution < -0.4 is 16.4 Å². The van der Waals surface area contributed by atoms with Gasteiger partial charge in [0, 0.05) is 6.54 Å². The van der Waals surface area contributed by atoms with Gasteiger partial charge in [-0.15, -0.1) is 0 Å². The number of benzene rings is 1. The minimum Gasteiger partial charge on any atom is -0.480 e. The quantitative estimate of drug-likeness (QED) is 0.302. The number of aromatic nitrogens is 2. The van der Waals surface area contributed by atoms with Crippen molar-refractivity contribution >= 4 is 29.5 Å². The number of nitrogens with one attached hydrogen (secondary N) is 3. The van der Waals surface area contributed by atoms with Crippen molar-refractivity contribution in [1.82, 2.24) is 20.2 Å². The van der Waals surface area contributed by atoms with Crippen molar-refractivity contribution in [2.75, 3.05) is 11.9 Å². The van der Waals surface area contributed by atoms with Crippen LogP contribution in [0.25, 0.3) is 0 Å². The van der Waals surface area contributed by atoms with Crippen molar-refractivity contribution in [3.05, 3.63) is 47.9 Å². The number of rotatable bonds is 10. The fraction of sp³-hybridized carbons (Fsp3) is 0.552. The molecule has 1 unspecified atom stereocenters. The smallest absolute Gasteiger partial charge is 0.326 e. The summed E-state index contributed by atoms with van der Waals surface area (Å²) in [6.45, 7) is 3.54. The highest BCUT2D eigenvalue weighted by Gasteiger charge is 2.39. The highest BCUT2D eigenvalue weighted by Crippen LogP contribution is 2.30. The first-order valence-corrected chi connectivity index (χ1v) is 14.1. The van der Waals surface area contributed by atoms with E-state index >= 15 is 0 Å². The first-order chi connectivity index (χ1) is 19.0. The summed E-state index contributed by atoms with van der Waals surface area (Å²) < 4.78 is 0. The molecular weight excluding hydrogens is 512 g/mol. The summed E-state index contributed by atoms with van der Waals surface area (Å²) >= 11 is 0. The number of imidazole rings is 1. The zero-order chi connectivity index (χ0) is 28.9. The molecule has 4 rings (SSSR count). The Labute approximate surface area is 234 Å². The van der Waals surface area contributed by atoms with E-state index in [-0.39, 0.29) is 11.7 Å². The molecule has 0 spiro atoms. The van der Waals surface area contributed by atoms with Crippen LogP contribution in [0.15, 0.2) is 36.5 Å². The number of aliphatic carboxylic acids is 1. The van der Waals surface area contributed by atoms with E-state index in [0.29, 0.717) is 43.1 Å². The number of nitrogens with two attached hydrogens (primary N) is 1. The molecule has 3 amide bonds. The number of carbonyl (C=O) groups is 4. The van der Waals surface area contributed by atoms with Gasteiger partial charge in [-0.05, 0) is 44.6 Å². The number of carbonyl (C=O) groups excluding carboxylic acids is 3. The molecule has 0 bridgehead atoms. The average molecular weight is 553 g/mol. The molecule has 2 aromatic rings. The molecule has 2 heterocycles. The van der Waals surface area contributed by atoms with Gasteiger partial charge in [0.15, 0.2) is 0 Å². The Hall–Kier alpha value is -3.73. The lowest BCUT2D eigenvalue weighted by atomic mass is 9.84. The second-order valence-electron chi connectivity index (χ2n) is 11.5. The molecule has 6 N–H and O–H groups in total. The number of carboxylic acid groups (broad SMARTS) is 1. The van der Waals surface area contributed by atoms with Crippen molar-refractivity contribution in [2.24, 2.45) is 11.7 Å². The van der Waals surface area contributed by atoms with Gasteiger partial charge in [0.05, 0.1) is 11.7 Å². The number of anilines is 1. The molecule has 1 aromatic heterocycles. The molecular formula is C29H40N6O5. The predicted octanol–water partition coefficient (Wildman–Crippen LogP) is 2.75. The summed E-state index contributed by atoms with van der Waals surface area (Å²) in [6.07, 6.45) is 8.35. The lowest BCUT2D eigenvalue weighted by Crippen LogP contribution is -2.55. The van der Waals surface area contributed by atoms with Crippen LogP contribution in [0.5, 0.6) is 0 Å². The third-order valence-electron chi connectivity index (χ3n) is 7.83. The van der Waals surface area contributed by atoms with E-state index in [1.165, 1.54) is 17.5 Å². The zero-order valence-electron chi connectivity index (χ0n) is 23.2. The van der Waals surface area contributed by atoms with Crippen molar-refractivity contribution in [2.45, 2.75) is 88.8 Å². The second kappa shape index (κ2) is 12.6. The molecule has 1 aliphatic heterocycles. The minimum absolute atomic E-state index is 0.278. The number of nitrogens with zero attached hydrogens (tertiary/aromatic N) is 2. The van der Waals surface area contributed by atoms with Crippen LogP contribution in [0.4, 0.5) is 5.82 Å². The van der Waals surface area contributed by atoms with Gasteiger partial charge in [0.2, 0.25) is 17.7 Å². The summed E-state index contributed by atoms with van der Waals surface area (Å²) in [6, 6.07) is 7.35. The van der Waals surface area contributed by atoms with E-state index in [2.05, 4.69) is 20.6 Å². The molecule has 216 valence electrons. The molecule has 1 saturated heterocycles. The van der Waals surface area contributed by atoms with E-state index in [0.717, 1.165) is 25.7 Å². The van der Waals surface area contributed by atoms with Crippen LogP contribution in [0.1, 0.15) is 82.5 Å². The lowest BCUT2D eigenvalue weighted by molar-refractivity contribution is -0.148. The Morgan fingerprint density at radius 3 is 2.45 bits per heavy atom. The maximum Gasteiger partial charge on any atom is 0.326 e. The summed E-state index contributed by atoms with van der Waals surface area (Å²) in [4.78, 5) is 60.4. The van der Waals surface area contributed by atoms with Crippen LogP contribution in [-0.2, 0) is 19.2 Å². The molecule has 2 fully saturated rings. The minimum atomic E-state index is -1.14. The van der Waals surface area contributed by atoms with Gasteiger partial charge < -0.3 is 31.4 Å².